The molecule has 2 N–H and O–H groups in total. The molecule has 0 aliphatic carbocycles. The Hall–Kier alpha value is -0.830. The summed E-state index contributed by atoms with van der Waals surface area (Å²) in [4.78, 5) is 11.9. The summed E-state index contributed by atoms with van der Waals surface area (Å²) in [6.45, 7) is 4.60. The van der Waals surface area contributed by atoms with Crippen LogP contribution in [0.1, 0.15) is 373 Å². The highest BCUT2D eigenvalue weighted by atomic mass is 16.4. The molecule has 2 atom stereocenters. The van der Waals surface area contributed by atoms with Gasteiger partial charge in [0.2, 0.25) is 0 Å². The van der Waals surface area contributed by atoms with Gasteiger partial charge in [-0.15, -0.1) is 0 Å². The van der Waals surface area contributed by atoms with E-state index in [0.29, 0.717) is 12.8 Å². The van der Waals surface area contributed by atoms with Crippen molar-refractivity contribution in [3.05, 3.63) is 12.2 Å². The van der Waals surface area contributed by atoms with Crippen LogP contribution in [0.2, 0.25) is 0 Å². The maximum Gasteiger partial charge on any atom is 0.309 e. The van der Waals surface area contributed by atoms with E-state index in [1.807, 2.05) is 0 Å². The van der Waals surface area contributed by atoms with Crippen molar-refractivity contribution < 1.29 is 15.0 Å². The molecule has 0 aromatic carbocycles. The van der Waals surface area contributed by atoms with Crippen LogP contribution in [-0.2, 0) is 4.79 Å². The topological polar surface area (TPSA) is 57.5 Å². The average Bonchev–Trinajstić information content (AvgIpc) is 3.31. The molecule has 0 spiro atoms. The maximum absolute atomic E-state index is 11.9. The molecule has 0 aromatic rings. The highest BCUT2D eigenvalue weighted by Gasteiger charge is 2.25. The summed E-state index contributed by atoms with van der Waals surface area (Å²) in [5, 5.41) is 20.5. The maximum atomic E-state index is 11.9. The molecule has 0 rings (SSSR count). The van der Waals surface area contributed by atoms with E-state index < -0.39 is 18.0 Å². The molecule has 66 heavy (non-hydrogen) atoms. The highest BCUT2D eigenvalue weighted by molar-refractivity contribution is 5.70. The summed E-state index contributed by atoms with van der Waals surface area (Å²) >= 11 is 0. The van der Waals surface area contributed by atoms with E-state index in [-0.39, 0.29) is 0 Å². The molecule has 3 nitrogen and oxygen atoms in total. The van der Waals surface area contributed by atoms with Crippen molar-refractivity contribution in [2.24, 2.45) is 5.92 Å². The van der Waals surface area contributed by atoms with Gasteiger partial charge in [-0.05, 0) is 38.5 Å². The zero-order valence-corrected chi connectivity index (χ0v) is 45.7. The van der Waals surface area contributed by atoms with Crippen molar-refractivity contribution in [1.82, 2.24) is 0 Å². The monoisotopic (exact) mass is 929 g/mol. The van der Waals surface area contributed by atoms with E-state index in [4.69, 9.17) is 0 Å². The van der Waals surface area contributed by atoms with Crippen molar-refractivity contribution >= 4 is 5.97 Å². The first-order valence-corrected chi connectivity index (χ1v) is 31.2. The first-order valence-electron chi connectivity index (χ1n) is 31.2. The van der Waals surface area contributed by atoms with E-state index in [0.717, 1.165) is 25.7 Å². The van der Waals surface area contributed by atoms with Crippen LogP contribution in [0.25, 0.3) is 0 Å². The predicted octanol–water partition coefficient (Wildman–Crippen LogP) is 22.5. The third-order valence-corrected chi connectivity index (χ3v) is 15.2. The number of aliphatic carboxylic acids is 1. The van der Waals surface area contributed by atoms with E-state index in [1.54, 1.807) is 0 Å². The number of aliphatic hydroxyl groups is 1. The fourth-order valence-corrected chi connectivity index (χ4v) is 10.4. The number of aliphatic hydroxyl groups excluding tert-OH is 1. The molecule has 0 aliphatic heterocycles. The van der Waals surface area contributed by atoms with Crippen LogP contribution in [-0.4, -0.2) is 22.3 Å². The Morgan fingerprint density at radius 1 is 0.288 bits per heavy atom. The van der Waals surface area contributed by atoms with Crippen LogP contribution in [0.15, 0.2) is 12.2 Å². The molecule has 0 radical (unpaired) electrons. The summed E-state index contributed by atoms with van der Waals surface area (Å²) < 4.78 is 0. The van der Waals surface area contributed by atoms with Crippen molar-refractivity contribution in [3.63, 3.8) is 0 Å². The zero-order chi connectivity index (χ0) is 47.7. The summed E-state index contributed by atoms with van der Waals surface area (Å²) in [5.74, 6) is -1.38. The summed E-state index contributed by atoms with van der Waals surface area (Å²) in [6.07, 6.45) is 79.7. The van der Waals surface area contributed by atoms with Gasteiger partial charge in [0.1, 0.15) is 0 Å². The molecule has 0 saturated heterocycles. The number of hydrogen-bond acceptors (Lipinski definition) is 2. The van der Waals surface area contributed by atoms with Crippen LogP contribution >= 0.6 is 0 Å². The lowest BCUT2D eigenvalue weighted by Crippen LogP contribution is -2.28. The average molecular weight is 930 g/mol. The second kappa shape index (κ2) is 58.5. The third-order valence-electron chi connectivity index (χ3n) is 15.2. The molecule has 0 aliphatic rings. The van der Waals surface area contributed by atoms with Gasteiger partial charge in [0, 0.05) is 0 Å². The lowest BCUT2D eigenvalue weighted by atomic mass is 9.91. The Balaban J connectivity index is 3.39. The normalized spacial score (nSPS) is 12.8. The predicted molar refractivity (Wildman–Crippen MR) is 296 cm³/mol. The van der Waals surface area contributed by atoms with Crippen LogP contribution in [0.3, 0.4) is 0 Å². The van der Waals surface area contributed by atoms with Gasteiger partial charge in [0.05, 0.1) is 12.0 Å². The molecule has 0 amide bonds. The second-order valence-corrected chi connectivity index (χ2v) is 21.8. The van der Waals surface area contributed by atoms with Crippen molar-refractivity contribution in [2.75, 3.05) is 0 Å². The molecular formula is C63H124O3. The lowest BCUT2D eigenvalue weighted by molar-refractivity contribution is -0.146. The fraction of sp³-hybridized carbons (Fsp3) is 0.952. The van der Waals surface area contributed by atoms with Gasteiger partial charge in [-0.1, -0.05) is 347 Å². The van der Waals surface area contributed by atoms with E-state index in [1.165, 1.54) is 321 Å². The third kappa shape index (κ3) is 54.1. The molecule has 3 heteroatoms. The summed E-state index contributed by atoms with van der Waals surface area (Å²) in [7, 11) is 0. The Kier molecular flexibility index (Phi) is 57.7. The van der Waals surface area contributed by atoms with Gasteiger partial charge in [-0.2, -0.15) is 0 Å². The number of hydrogen-bond donors (Lipinski definition) is 2. The molecule has 0 fully saturated rings. The summed E-state index contributed by atoms with van der Waals surface area (Å²) in [5.41, 5.74) is 0. The highest BCUT2D eigenvalue weighted by Crippen LogP contribution is 2.22. The molecule has 394 valence electrons. The lowest BCUT2D eigenvalue weighted by Gasteiger charge is -2.19. The van der Waals surface area contributed by atoms with Crippen molar-refractivity contribution in [3.8, 4) is 0 Å². The van der Waals surface area contributed by atoms with Gasteiger partial charge in [-0.25, -0.2) is 0 Å². The van der Waals surface area contributed by atoms with Gasteiger partial charge < -0.3 is 10.2 Å². The number of rotatable bonds is 59. The van der Waals surface area contributed by atoms with Crippen molar-refractivity contribution in [2.45, 2.75) is 380 Å². The van der Waals surface area contributed by atoms with Gasteiger partial charge in [-0.3, -0.25) is 4.79 Å². The van der Waals surface area contributed by atoms with Gasteiger partial charge in [0.15, 0.2) is 0 Å². The molecule has 0 saturated carbocycles. The van der Waals surface area contributed by atoms with Gasteiger partial charge in [0.25, 0.3) is 0 Å². The SMILES string of the molecule is CCCCCCCCCCCCCCCCCC/C=C\CCCCCCCCCCCCCCCCC(O)C(CCCCCCCCCCCCCCCCCCCCCCCC)C(=O)O. The van der Waals surface area contributed by atoms with Crippen LogP contribution in [0.5, 0.6) is 0 Å². The van der Waals surface area contributed by atoms with Crippen molar-refractivity contribution in [1.29, 1.82) is 0 Å². The molecular weight excluding hydrogens is 805 g/mol. The van der Waals surface area contributed by atoms with Crippen LogP contribution in [0, 0.1) is 5.92 Å². The first kappa shape index (κ1) is 65.2. The number of carboxylic acids is 1. The molecule has 2 unspecified atom stereocenters. The van der Waals surface area contributed by atoms with E-state index in [9.17, 15) is 15.0 Å². The minimum atomic E-state index is -0.801. The fourth-order valence-electron chi connectivity index (χ4n) is 10.4. The Bertz CT molecular complexity index is 913. The smallest absolute Gasteiger partial charge is 0.309 e. The molecule has 0 heterocycles. The minimum absolute atomic E-state index is 0.583. The number of allylic oxidation sites excluding steroid dienone is 2. The molecule has 0 bridgehead atoms. The van der Waals surface area contributed by atoms with Crippen LogP contribution in [0.4, 0.5) is 0 Å². The number of carbonyl (C=O) groups is 1. The summed E-state index contributed by atoms with van der Waals surface area (Å²) in [6, 6.07) is 0. The number of carboxylic acid groups (broad SMARTS) is 1. The second-order valence-electron chi connectivity index (χ2n) is 21.8. The molecule has 0 aromatic heterocycles. The van der Waals surface area contributed by atoms with E-state index in [2.05, 4.69) is 26.0 Å². The zero-order valence-electron chi connectivity index (χ0n) is 45.7. The standard InChI is InChI=1S/C63H124O3/c1-3-5-7-9-11-13-15-17-19-21-23-25-27-28-29-30-31-32-33-34-35-36-37-38-40-42-44-46-48-50-52-54-56-58-60-62(64)61(63(65)66)59-57-55-53-51-49-47-45-43-41-39-26-24-22-20-18-16-14-12-10-8-6-4-2/h32-33,61-62,64H,3-31,34-60H2,1-2H3,(H,65,66)/b33-32-. The Morgan fingerprint density at radius 3 is 0.682 bits per heavy atom. The van der Waals surface area contributed by atoms with Gasteiger partial charge >= 0.3 is 5.97 Å². The first-order chi connectivity index (χ1) is 32.6. The number of unbranched alkanes of at least 4 members (excludes halogenated alkanes) is 51. The van der Waals surface area contributed by atoms with Crippen LogP contribution < -0.4 is 0 Å². The minimum Gasteiger partial charge on any atom is -0.481 e. The largest absolute Gasteiger partial charge is 0.481 e. The Morgan fingerprint density at radius 2 is 0.470 bits per heavy atom. The quantitative estimate of drug-likeness (QED) is 0.0472. The Labute approximate surface area is 416 Å². The van der Waals surface area contributed by atoms with E-state index >= 15 is 0 Å².